The number of ketones is 1. The SMILES string of the molecule is O=C1C(=O)N(c2cccc(F)c2)C(c2ccccc2)/C1=C(\O)c1ccc(F)cc1. The Hall–Kier alpha value is -3.80. The summed E-state index contributed by atoms with van der Waals surface area (Å²) in [7, 11) is 0. The van der Waals surface area contributed by atoms with E-state index in [1.54, 1.807) is 30.3 Å². The molecule has 0 aliphatic carbocycles. The molecule has 0 saturated carbocycles. The van der Waals surface area contributed by atoms with E-state index in [1.807, 2.05) is 0 Å². The maximum absolute atomic E-state index is 13.8. The van der Waals surface area contributed by atoms with Crippen molar-refractivity contribution < 1.29 is 23.5 Å². The molecule has 1 aliphatic rings. The van der Waals surface area contributed by atoms with E-state index in [1.165, 1.54) is 30.3 Å². The lowest BCUT2D eigenvalue weighted by Crippen LogP contribution is -2.29. The number of Topliss-reactive ketones (excluding diaryl/α,β-unsaturated/α-hetero) is 1. The summed E-state index contributed by atoms with van der Waals surface area (Å²) in [6.45, 7) is 0. The van der Waals surface area contributed by atoms with Gasteiger partial charge in [-0.1, -0.05) is 36.4 Å². The van der Waals surface area contributed by atoms with E-state index in [0.29, 0.717) is 5.56 Å². The van der Waals surface area contributed by atoms with Gasteiger partial charge in [0.2, 0.25) is 0 Å². The number of aliphatic hydroxyl groups is 1. The Labute approximate surface area is 165 Å². The molecule has 1 aliphatic heterocycles. The number of rotatable bonds is 3. The minimum Gasteiger partial charge on any atom is -0.507 e. The van der Waals surface area contributed by atoms with Crippen LogP contribution in [-0.4, -0.2) is 16.8 Å². The third-order valence-electron chi connectivity index (χ3n) is 4.76. The smallest absolute Gasteiger partial charge is 0.300 e. The summed E-state index contributed by atoms with van der Waals surface area (Å²) in [5.41, 5.74) is 0.820. The third kappa shape index (κ3) is 3.29. The molecule has 1 atom stereocenters. The Kier molecular flexibility index (Phi) is 4.68. The van der Waals surface area contributed by atoms with Crippen molar-refractivity contribution in [3.05, 3.63) is 107 Å². The normalized spacial score (nSPS) is 18.3. The first kappa shape index (κ1) is 18.6. The molecule has 1 fully saturated rings. The minimum atomic E-state index is -0.956. The van der Waals surface area contributed by atoms with E-state index >= 15 is 0 Å². The Morgan fingerprint density at radius 3 is 2.17 bits per heavy atom. The first-order valence-electron chi connectivity index (χ1n) is 8.85. The predicted octanol–water partition coefficient (Wildman–Crippen LogP) is 4.59. The van der Waals surface area contributed by atoms with Crippen molar-refractivity contribution in [3.63, 3.8) is 0 Å². The molecule has 1 unspecified atom stereocenters. The number of halogens is 2. The number of hydrogen-bond acceptors (Lipinski definition) is 3. The summed E-state index contributed by atoms with van der Waals surface area (Å²) >= 11 is 0. The number of hydrogen-bond donors (Lipinski definition) is 1. The summed E-state index contributed by atoms with van der Waals surface area (Å²) in [5.74, 6) is -3.26. The molecule has 3 aromatic carbocycles. The van der Waals surface area contributed by atoms with Gasteiger partial charge in [0.15, 0.2) is 0 Å². The molecule has 29 heavy (non-hydrogen) atoms. The van der Waals surface area contributed by atoms with Crippen LogP contribution in [0.25, 0.3) is 5.76 Å². The van der Waals surface area contributed by atoms with Gasteiger partial charge in [0.25, 0.3) is 11.7 Å². The summed E-state index contributed by atoms with van der Waals surface area (Å²) in [6.07, 6.45) is 0. The summed E-state index contributed by atoms with van der Waals surface area (Å²) < 4.78 is 27.1. The van der Waals surface area contributed by atoms with Crippen molar-refractivity contribution in [1.82, 2.24) is 0 Å². The minimum absolute atomic E-state index is 0.142. The van der Waals surface area contributed by atoms with Crippen LogP contribution in [0.5, 0.6) is 0 Å². The molecule has 1 saturated heterocycles. The van der Waals surface area contributed by atoms with Crippen LogP contribution in [0.15, 0.2) is 84.4 Å². The second kappa shape index (κ2) is 7.31. The van der Waals surface area contributed by atoms with Crippen LogP contribution in [-0.2, 0) is 9.59 Å². The van der Waals surface area contributed by atoms with Gasteiger partial charge in [-0.05, 0) is 48.0 Å². The average molecular weight is 391 g/mol. The number of amides is 1. The highest BCUT2D eigenvalue weighted by Gasteiger charge is 2.46. The van der Waals surface area contributed by atoms with Gasteiger partial charge < -0.3 is 5.11 Å². The highest BCUT2D eigenvalue weighted by Crippen LogP contribution is 2.42. The van der Waals surface area contributed by atoms with Crippen molar-refractivity contribution in [3.8, 4) is 0 Å². The second-order valence-corrected chi connectivity index (χ2v) is 6.57. The Morgan fingerprint density at radius 2 is 1.52 bits per heavy atom. The molecule has 0 spiro atoms. The highest BCUT2D eigenvalue weighted by atomic mass is 19.1. The van der Waals surface area contributed by atoms with Gasteiger partial charge >= 0.3 is 0 Å². The Morgan fingerprint density at radius 1 is 0.828 bits per heavy atom. The predicted molar refractivity (Wildman–Crippen MR) is 104 cm³/mol. The van der Waals surface area contributed by atoms with Crippen molar-refractivity contribution in [2.75, 3.05) is 4.90 Å². The van der Waals surface area contributed by atoms with Gasteiger partial charge in [0.1, 0.15) is 17.4 Å². The average Bonchev–Trinajstić information content (AvgIpc) is 2.99. The van der Waals surface area contributed by atoms with Gasteiger partial charge in [0, 0.05) is 11.3 Å². The van der Waals surface area contributed by atoms with Gasteiger partial charge in [-0.2, -0.15) is 0 Å². The molecule has 6 heteroatoms. The van der Waals surface area contributed by atoms with Crippen molar-refractivity contribution in [2.24, 2.45) is 0 Å². The van der Waals surface area contributed by atoms with Crippen molar-refractivity contribution in [1.29, 1.82) is 0 Å². The van der Waals surface area contributed by atoms with Crippen LogP contribution in [0.1, 0.15) is 17.2 Å². The molecular formula is C23H15F2NO3. The molecule has 0 aromatic heterocycles. The fourth-order valence-electron chi connectivity index (χ4n) is 3.44. The lowest BCUT2D eigenvalue weighted by atomic mass is 9.95. The summed E-state index contributed by atoms with van der Waals surface area (Å²) in [6, 6.07) is 18.0. The Balaban J connectivity index is 1.94. The molecule has 144 valence electrons. The standard InChI is InChI=1S/C23H15F2NO3/c24-16-11-9-15(10-12-16)21(27)19-20(14-5-2-1-3-6-14)26(23(29)22(19)28)18-8-4-7-17(25)13-18/h1-13,20,27H/b21-19+. The highest BCUT2D eigenvalue weighted by molar-refractivity contribution is 6.51. The largest absolute Gasteiger partial charge is 0.507 e. The zero-order valence-electron chi connectivity index (χ0n) is 15.0. The molecule has 0 radical (unpaired) electrons. The molecular weight excluding hydrogens is 376 g/mol. The van der Waals surface area contributed by atoms with Crippen molar-refractivity contribution in [2.45, 2.75) is 6.04 Å². The van der Waals surface area contributed by atoms with Gasteiger partial charge in [-0.15, -0.1) is 0 Å². The van der Waals surface area contributed by atoms with E-state index in [2.05, 4.69) is 0 Å². The zero-order chi connectivity index (χ0) is 20.5. The molecule has 0 bridgehead atoms. The molecule has 1 N–H and O–H groups in total. The quantitative estimate of drug-likeness (QED) is 0.404. The van der Waals surface area contributed by atoms with Crippen LogP contribution in [0.3, 0.4) is 0 Å². The Bertz CT molecular complexity index is 1120. The van der Waals surface area contributed by atoms with Crippen LogP contribution >= 0.6 is 0 Å². The topological polar surface area (TPSA) is 57.6 Å². The lowest BCUT2D eigenvalue weighted by Gasteiger charge is -2.25. The van der Waals surface area contributed by atoms with E-state index in [4.69, 9.17) is 0 Å². The third-order valence-corrected chi connectivity index (χ3v) is 4.76. The van der Waals surface area contributed by atoms with Crippen LogP contribution in [0.4, 0.5) is 14.5 Å². The maximum Gasteiger partial charge on any atom is 0.300 e. The van der Waals surface area contributed by atoms with E-state index in [-0.39, 0.29) is 16.8 Å². The van der Waals surface area contributed by atoms with Crippen molar-refractivity contribution >= 4 is 23.1 Å². The van der Waals surface area contributed by atoms with Gasteiger partial charge in [-0.3, -0.25) is 14.5 Å². The summed E-state index contributed by atoms with van der Waals surface area (Å²) in [5, 5.41) is 10.8. The van der Waals surface area contributed by atoms with Gasteiger partial charge in [-0.25, -0.2) is 8.78 Å². The monoisotopic (exact) mass is 391 g/mol. The fraction of sp³-hybridized carbons (Fsp3) is 0.0435. The van der Waals surface area contributed by atoms with E-state index in [9.17, 15) is 23.5 Å². The molecule has 4 nitrogen and oxygen atoms in total. The molecule has 1 heterocycles. The lowest BCUT2D eigenvalue weighted by molar-refractivity contribution is -0.132. The van der Waals surface area contributed by atoms with E-state index < -0.39 is 35.1 Å². The first-order chi connectivity index (χ1) is 14.0. The van der Waals surface area contributed by atoms with Crippen LogP contribution < -0.4 is 4.90 Å². The molecule has 3 aromatic rings. The number of carbonyl (C=O) groups is 2. The second-order valence-electron chi connectivity index (χ2n) is 6.57. The number of anilines is 1. The first-order valence-corrected chi connectivity index (χ1v) is 8.85. The molecule has 1 amide bonds. The number of carbonyl (C=O) groups excluding carboxylic acids is 2. The fourth-order valence-corrected chi connectivity index (χ4v) is 3.44. The van der Waals surface area contributed by atoms with Crippen LogP contribution in [0, 0.1) is 11.6 Å². The van der Waals surface area contributed by atoms with Crippen LogP contribution in [0.2, 0.25) is 0 Å². The number of aliphatic hydroxyl groups excluding tert-OH is 1. The van der Waals surface area contributed by atoms with E-state index in [0.717, 1.165) is 23.1 Å². The summed E-state index contributed by atoms with van der Waals surface area (Å²) in [4.78, 5) is 26.9. The maximum atomic E-state index is 13.8. The number of nitrogens with zero attached hydrogens (tertiary/aromatic N) is 1. The molecule has 4 rings (SSSR count). The van der Waals surface area contributed by atoms with Gasteiger partial charge in [0.05, 0.1) is 11.6 Å². The zero-order valence-corrected chi connectivity index (χ0v) is 15.0. The number of benzene rings is 3.